The van der Waals surface area contributed by atoms with Crippen molar-refractivity contribution in [3.63, 3.8) is 0 Å². The van der Waals surface area contributed by atoms with Crippen molar-refractivity contribution in [1.82, 2.24) is 9.55 Å². The van der Waals surface area contributed by atoms with Crippen LogP contribution in [0.25, 0.3) is 10.9 Å². The number of benzene rings is 1. The standard InChI is InChI=1S/C21H18N4O3S/c1-20(2)18(27)25(19(28)21(20,3)4)15-10-29-17(23-15)16(26)13-9-24(11-22)14-8-6-5-7-12(13)14/h5-10H,1-4H3. The third-order valence-electron chi connectivity index (χ3n) is 6.02. The van der Waals surface area contributed by atoms with Gasteiger partial charge in [-0.25, -0.2) is 9.88 Å². The number of nitrogens with zero attached hydrogens (tertiary/aromatic N) is 4. The summed E-state index contributed by atoms with van der Waals surface area (Å²) in [5.41, 5.74) is -0.776. The molecule has 0 radical (unpaired) electrons. The molecule has 4 rings (SSSR count). The van der Waals surface area contributed by atoms with Crippen LogP contribution in [0.4, 0.5) is 5.82 Å². The number of anilines is 1. The van der Waals surface area contributed by atoms with Gasteiger partial charge in [-0.2, -0.15) is 5.26 Å². The van der Waals surface area contributed by atoms with Gasteiger partial charge in [-0.1, -0.05) is 18.2 Å². The molecule has 0 aliphatic carbocycles. The minimum atomic E-state index is -0.877. The number of aromatic nitrogens is 2. The molecule has 8 heteroatoms. The highest BCUT2D eigenvalue weighted by Gasteiger charge is 2.60. The summed E-state index contributed by atoms with van der Waals surface area (Å²) in [7, 11) is 0. The van der Waals surface area contributed by atoms with Gasteiger partial charge in [0.1, 0.15) is 0 Å². The number of para-hydroxylation sites is 1. The molecule has 146 valence electrons. The van der Waals surface area contributed by atoms with E-state index in [-0.39, 0.29) is 28.4 Å². The zero-order chi connectivity index (χ0) is 21.1. The molecule has 0 bridgehead atoms. The molecule has 3 heterocycles. The zero-order valence-corrected chi connectivity index (χ0v) is 17.2. The highest BCUT2D eigenvalue weighted by Crippen LogP contribution is 2.48. The van der Waals surface area contributed by atoms with Gasteiger partial charge in [-0.05, 0) is 33.8 Å². The smallest absolute Gasteiger partial charge is 0.241 e. The van der Waals surface area contributed by atoms with E-state index in [4.69, 9.17) is 0 Å². The van der Waals surface area contributed by atoms with E-state index in [1.54, 1.807) is 57.3 Å². The largest absolute Gasteiger partial charge is 0.286 e. The molecular weight excluding hydrogens is 388 g/mol. The second-order valence-electron chi connectivity index (χ2n) is 8.07. The summed E-state index contributed by atoms with van der Waals surface area (Å²) in [4.78, 5) is 44.2. The molecule has 7 nitrogen and oxygen atoms in total. The minimum Gasteiger partial charge on any atom is -0.286 e. The van der Waals surface area contributed by atoms with Crippen LogP contribution < -0.4 is 4.90 Å². The van der Waals surface area contributed by atoms with Gasteiger partial charge in [0.05, 0.1) is 21.9 Å². The van der Waals surface area contributed by atoms with Crippen LogP contribution in [-0.4, -0.2) is 27.1 Å². The average Bonchev–Trinajstić information content (AvgIpc) is 3.34. The zero-order valence-electron chi connectivity index (χ0n) is 16.4. The molecule has 2 amide bonds. The number of thiazole rings is 1. The Morgan fingerprint density at radius 2 is 1.72 bits per heavy atom. The van der Waals surface area contributed by atoms with E-state index in [1.807, 2.05) is 6.19 Å². The molecule has 0 saturated carbocycles. The third kappa shape index (κ3) is 2.47. The first-order valence-electron chi connectivity index (χ1n) is 9.00. The number of hydrogen-bond acceptors (Lipinski definition) is 6. The van der Waals surface area contributed by atoms with E-state index < -0.39 is 10.8 Å². The Bertz CT molecular complexity index is 1220. The van der Waals surface area contributed by atoms with Gasteiger partial charge < -0.3 is 0 Å². The van der Waals surface area contributed by atoms with Crippen LogP contribution in [0.15, 0.2) is 35.8 Å². The predicted octanol–water partition coefficient (Wildman–Crippen LogP) is 3.58. The number of rotatable bonds is 3. The number of imide groups is 1. The fourth-order valence-corrected chi connectivity index (χ4v) is 4.16. The van der Waals surface area contributed by atoms with Crippen LogP contribution in [0.3, 0.4) is 0 Å². The van der Waals surface area contributed by atoms with Crippen LogP contribution in [0.2, 0.25) is 0 Å². The third-order valence-corrected chi connectivity index (χ3v) is 6.85. The van der Waals surface area contributed by atoms with Gasteiger partial charge >= 0.3 is 0 Å². The number of carbonyl (C=O) groups is 3. The van der Waals surface area contributed by atoms with Crippen molar-refractivity contribution < 1.29 is 14.4 Å². The Balaban J connectivity index is 1.75. The van der Waals surface area contributed by atoms with E-state index in [0.717, 1.165) is 16.2 Å². The first-order valence-corrected chi connectivity index (χ1v) is 9.88. The van der Waals surface area contributed by atoms with E-state index in [2.05, 4.69) is 4.98 Å². The summed E-state index contributed by atoms with van der Waals surface area (Å²) >= 11 is 1.07. The molecule has 1 aliphatic rings. The fourth-order valence-electron chi connectivity index (χ4n) is 3.42. The summed E-state index contributed by atoms with van der Waals surface area (Å²) in [5, 5.41) is 11.7. The maximum atomic E-state index is 13.1. The van der Waals surface area contributed by atoms with E-state index in [1.165, 1.54) is 10.8 Å². The molecular formula is C21H18N4O3S. The minimum absolute atomic E-state index is 0.156. The SMILES string of the molecule is CC1(C)C(=O)N(c2csc(C(=O)c3cn(C#N)c4ccccc34)n2)C(=O)C1(C)C. The second kappa shape index (κ2) is 6.09. The second-order valence-corrected chi connectivity index (χ2v) is 8.92. The van der Waals surface area contributed by atoms with Crippen LogP contribution in [0.1, 0.15) is 43.1 Å². The van der Waals surface area contributed by atoms with Gasteiger partial charge in [0, 0.05) is 17.0 Å². The van der Waals surface area contributed by atoms with Crippen LogP contribution in [0.5, 0.6) is 0 Å². The number of fused-ring (bicyclic) bond motifs is 1. The van der Waals surface area contributed by atoms with E-state index >= 15 is 0 Å². The molecule has 1 fully saturated rings. The molecule has 1 aliphatic heterocycles. The Labute approximate surface area is 171 Å². The molecule has 0 unspecified atom stereocenters. The van der Waals surface area contributed by atoms with Crippen LogP contribution in [0, 0.1) is 22.3 Å². The lowest BCUT2D eigenvalue weighted by Crippen LogP contribution is -2.35. The molecule has 0 atom stereocenters. The summed E-state index contributed by atoms with van der Waals surface area (Å²) < 4.78 is 1.33. The molecule has 29 heavy (non-hydrogen) atoms. The van der Waals surface area contributed by atoms with Gasteiger partial charge in [0.25, 0.3) is 0 Å². The lowest BCUT2D eigenvalue weighted by molar-refractivity contribution is -0.129. The predicted molar refractivity (Wildman–Crippen MR) is 109 cm³/mol. The fraction of sp³-hybridized carbons (Fsp3) is 0.286. The molecule has 1 saturated heterocycles. The first-order chi connectivity index (χ1) is 13.6. The van der Waals surface area contributed by atoms with Gasteiger partial charge in [-0.3, -0.25) is 19.0 Å². The maximum absolute atomic E-state index is 13.1. The number of nitriles is 1. The van der Waals surface area contributed by atoms with Crippen LogP contribution in [-0.2, 0) is 9.59 Å². The monoisotopic (exact) mass is 406 g/mol. The van der Waals surface area contributed by atoms with Crippen molar-refractivity contribution in [3.05, 3.63) is 46.4 Å². The summed E-state index contributed by atoms with van der Waals surface area (Å²) in [6.45, 7) is 6.95. The van der Waals surface area contributed by atoms with Crippen LogP contribution >= 0.6 is 11.3 Å². The number of carbonyl (C=O) groups excluding carboxylic acids is 3. The average molecular weight is 406 g/mol. The van der Waals surface area contributed by atoms with Gasteiger partial charge in [0.15, 0.2) is 17.0 Å². The summed E-state index contributed by atoms with van der Waals surface area (Å²) in [6.07, 6.45) is 3.50. The summed E-state index contributed by atoms with van der Waals surface area (Å²) in [5.74, 6) is -0.865. The molecule has 1 aromatic carbocycles. The number of hydrogen-bond donors (Lipinski definition) is 0. The Morgan fingerprint density at radius 1 is 1.10 bits per heavy atom. The van der Waals surface area contributed by atoms with Crippen molar-refractivity contribution >= 4 is 45.7 Å². The van der Waals surface area contributed by atoms with Crippen molar-refractivity contribution in [2.24, 2.45) is 10.8 Å². The Kier molecular flexibility index (Phi) is 4.00. The van der Waals surface area contributed by atoms with Crippen molar-refractivity contribution in [3.8, 4) is 6.19 Å². The normalized spacial score (nSPS) is 17.7. The van der Waals surface area contributed by atoms with Gasteiger partial charge in [-0.15, -0.1) is 11.3 Å². The lowest BCUT2D eigenvalue weighted by Gasteiger charge is -2.28. The van der Waals surface area contributed by atoms with Crippen molar-refractivity contribution in [2.75, 3.05) is 4.90 Å². The number of amides is 2. The topological polar surface area (TPSA) is 96.1 Å². The Hall–Kier alpha value is -3.31. The number of ketones is 1. The summed E-state index contributed by atoms with van der Waals surface area (Å²) in [6, 6.07) is 7.11. The quantitative estimate of drug-likeness (QED) is 0.489. The molecule has 0 spiro atoms. The highest BCUT2D eigenvalue weighted by molar-refractivity contribution is 7.12. The molecule has 3 aromatic rings. The molecule has 2 aromatic heterocycles. The van der Waals surface area contributed by atoms with Crippen molar-refractivity contribution in [1.29, 1.82) is 5.26 Å². The highest BCUT2D eigenvalue weighted by atomic mass is 32.1. The van der Waals surface area contributed by atoms with E-state index in [9.17, 15) is 19.6 Å². The maximum Gasteiger partial charge on any atom is 0.241 e. The lowest BCUT2D eigenvalue weighted by atomic mass is 9.70. The van der Waals surface area contributed by atoms with E-state index in [0.29, 0.717) is 16.5 Å². The van der Waals surface area contributed by atoms with Crippen molar-refractivity contribution in [2.45, 2.75) is 27.7 Å². The Morgan fingerprint density at radius 3 is 2.34 bits per heavy atom. The van der Waals surface area contributed by atoms with Gasteiger partial charge in [0.2, 0.25) is 17.6 Å². The molecule has 0 N–H and O–H groups in total. The first kappa shape index (κ1) is 19.0.